The van der Waals surface area contributed by atoms with Crippen LogP contribution in [-0.2, 0) is 0 Å². The highest BCUT2D eigenvalue weighted by molar-refractivity contribution is 5.12. The Labute approximate surface area is 85.3 Å². The van der Waals surface area contributed by atoms with E-state index in [1.165, 1.54) is 19.3 Å². The molecule has 0 aliphatic heterocycles. The van der Waals surface area contributed by atoms with Crippen molar-refractivity contribution < 1.29 is 10.2 Å². The average molecular weight is 196 g/mol. The molecule has 2 bridgehead atoms. The van der Waals surface area contributed by atoms with Crippen LogP contribution < -0.4 is 0 Å². The molecule has 2 nitrogen and oxygen atoms in total. The highest BCUT2D eigenvalue weighted by atomic mass is 16.3. The van der Waals surface area contributed by atoms with Crippen LogP contribution in [0.4, 0.5) is 0 Å². The van der Waals surface area contributed by atoms with E-state index in [9.17, 15) is 10.2 Å². The highest BCUT2D eigenvalue weighted by Crippen LogP contribution is 2.62. The molecule has 3 fully saturated rings. The number of aliphatic hydroxyl groups is 2. The zero-order chi connectivity index (χ0) is 10.1. The van der Waals surface area contributed by atoms with Gasteiger partial charge in [0.15, 0.2) is 0 Å². The van der Waals surface area contributed by atoms with Crippen LogP contribution in [0.1, 0.15) is 33.1 Å². The molecular formula is C12H20O2. The van der Waals surface area contributed by atoms with Crippen molar-refractivity contribution in [2.45, 2.75) is 45.3 Å². The third-order valence-electron chi connectivity index (χ3n) is 5.30. The molecule has 0 aromatic rings. The van der Waals surface area contributed by atoms with Gasteiger partial charge in [0.2, 0.25) is 0 Å². The molecular weight excluding hydrogens is 176 g/mol. The van der Waals surface area contributed by atoms with Crippen molar-refractivity contribution in [1.29, 1.82) is 0 Å². The number of aliphatic hydroxyl groups excluding tert-OH is 2. The van der Waals surface area contributed by atoms with E-state index in [4.69, 9.17) is 0 Å². The Bertz CT molecular complexity index is 237. The predicted octanol–water partition coefficient (Wildman–Crippen LogP) is 1.41. The first-order chi connectivity index (χ1) is 6.53. The van der Waals surface area contributed by atoms with Gasteiger partial charge in [0.25, 0.3) is 0 Å². The van der Waals surface area contributed by atoms with E-state index in [0.29, 0.717) is 23.7 Å². The van der Waals surface area contributed by atoms with Gasteiger partial charge in [-0.2, -0.15) is 0 Å². The van der Waals surface area contributed by atoms with Crippen LogP contribution >= 0.6 is 0 Å². The lowest BCUT2D eigenvalue weighted by atomic mass is 9.80. The van der Waals surface area contributed by atoms with E-state index in [1.807, 2.05) is 13.8 Å². The standard InChI is InChI=1S/C12H20O2/c1-12(2)10(13)8-6-3-4-7(5-6)9(8)11(12)14/h6-11,13-14H,3-5H2,1-2H3/t6-,7-,8-,9+,10-,11+/m0/s1. The molecule has 0 spiro atoms. The van der Waals surface area contributed by atoms with Gasteiger partial charge >= 0.3 is 0 Å². The van der Waals surface area contributed by atoms with Crippen molar-refractivity contribution in [1.82, 2.24) is 0 Å². The summed E-state index contributed by atoms with van der Waals surface area (Å²) in [5.41, 5.74) is -0.281. The average Bonchev–Trinajstić information content (AvgIpc) is 2.76. The molecule has 3 rings (SSSR count). The van der Waals surface area contributed by atoms with Gasteiger partial charge in [0.1, 0.15) is 0 Å². The zero-order valence-electron chi connectivity index (χ0n) is 8.98. The second-order valence-corrected chi connectivity index (χ2v) is 6.20. The van der Waals surface area contributed by atoms with Gasteiger partial charge in [-0.1, -0.05) is 13.8 Å². The SMILES string of the molecule is CC1(C)[C@H](O)[C@@H]2[C@H]3CC[C@@H](C3)[C@@H]2[C@@H]1O. The lowest BCUT2D eigenvalue weighted by molar-refractivity contribution is -0.0204. The molecule has 80 valence electrons. The van der Waals surface area contributed by atoms with Crippen molar-refractivity contribution in [2.75, 3.05) is 0 Å². The normalized spacial score (nSPS) is 59.1. The summed E-state index contributed by atoms with van der Waals surface area (Å²) in [6.45, 7) is 4.03. The van der Waals surface area contributed by atoms with Gasteiger partial charge in [-0.05, 0) is 42.9 Å². The smallest absolute Gasteiger partial charge is 0.0650 e. The van der Waals surface area contributed by atoms with Crippen molar-refractivity contribution in [3.63, 3.8) is 0 Å². The van der Waals surface area contributed by atoms with Crippen LogP contribution in [0.3, 0.4) is 0 Å². The molecule has 3 aliphatic carbocycles. The van der Waals surface area contributed by atoms with E-state index >= 15 is 0 Å². The fourth-order valence-corrected chi connectivity index (χ4v) is 4.48. The molecule has 3 aliphatic rings. The largest absolute Gasteiger partial charge is 0.392 e. The fraction of sp³-hybridized carbons (Fsp3) is 1.00. The Balaban J connectivity index is 1.98. The predicted molar refractivity (Wildman–Crippen MR) is 53.6 cm³/mol. The van der Waals surface area contributed by atoms with Gasteiger partial charge in [-0.15, -0.1) is 0 Å². The summed E-state index contributed by atoms with van der Waals surface area (Å²) in [5.74, 6) is 2.21. The maximum atomic E-state index is 10.3. The first-order valence-electron chi connectivity index (χ1n) is 5.89. The van der Waals surface area contributed by atoms with E-state index < -0.39 is 0 Å². The van der Waals surface area contributed by atoms with E-state index in [2.05, 4.69) is 0 Å². The van der Waals surface area contributed by atoms with Crippen LogP contribution in [0.2, 0.25) is 0 Å². The Morgan fingerprint density at radius 1 is 0.929 bits per heavy atom. The maximum absolute atomic E-state index is 10.3. The molecule has 6 atom stereocenters. The van der Waals surface area contributed by atoms with Crippen LogP contribution in [0, 0.1) is 29.1 Å². The van der Waals surface area contributed by atoms with E-state index in [-0.39, 0.29) is 17.6 Å². The molecule has 0 aromatic carbocycles. The van der Waals surface area contributed by atoms with Crippen LogP contribution in [0.25, 0.3) is 0 Å². The monoisotopic (exact) mass is 196 g/mol. The summed E-state index contributed by atoms with van der Waals surface area (Å²) in [5, 5.41) is 20.5. The second kappa shape index (κ2) is 2.53. The summed E-state index contributed by atoms with van der Waals surface area (Å²) in [6.07, 6.45) is 3.27. The first kappa shape index (κ1) is 9.17. The third kappa shape index (κ3) is 0.849. The van der Waals surface area contributed by atoms with Gasteiger partial charge in [-0.25, -0.2) is 0 Å². The number of fused-ring (bicyclic) bond motifs is 5. The topological polar surface area (TPSA) is 40.5 Å². The van der Waals surface area contributed by atoms with Gasteiger partial charge in [0, 0.05) is 5.41 Å². The Morgan fingerprint density at radius 2 is 1.36 bits per heavy atom. The first-order valence-corrected chi connectivity index (χ1v) is 5.89. The molecule has 0 unspecified atom stereocenters. The maximum Gasteiger partial charge on any atom is 0.0650 e. The fourth-order valence-electron chi connectivity index (χ4n) is 4.48. The quantitative estimate of drug-likeness (QED) is 0.615. The molecule has 14 heavy (non-hydrogen) atoms. The summed E-state index contributed by atoms with van der Waals surface area (Å²) < 4.78 is 0. The van der Waals surface area contributed by atoms with Crippen LogP contribution in [0.5, 0.6) is 0 Å². The Kier molecular flexibility index (Phi) is 1.66. The summed E-state index contributed by atoms with van der Waals surface area (Å²) in [4.78, 5) is 0. The number of hydrogen-bond donors (Lipinski definition) is 2. The van der Waals surface area contributed by atoms with Gasteiger partial charge < -0.3 is 10.2 Å². The minimum Gasteiger partial charge on any atom is -0.392 e. The lowest BCUT2D eigenvalue weighted by Crippen LogP contribution is -2.36. The Morgan fingerprint density at radius 3 is 1.79 bits per heavy atom. The molecule has 0 radical (unpaired) electrons. The lowest BCUT2D eigenvalue weighted by Gasteiger charge is -2.29. The molecule has 2 heteroatoms. The van der Waals surface area contributed by atoms with Crippen molar-refractivity contribution >= 4 is 0 Å². The third-order valence-corrected chi connectivity index (χ3v) is 5.30. The minimum atomic E-state index is -0.281. The molecule has 0 saturated heterocycles. The number of hydrogen-bond acceptors (Lipinski definition) is 2. The minimum absolute atomic E-state index is 0.280. The van der Waals surface area contributed by atoms with E-state index in [0.717, 1.165) is 0 Å². The molecule has 3 saturated carbocycles. The van der Waals surface area contributed by atoms with Crippen molar-refractivity contribution in [2.24, 2.45) is 29.1 Å². The number of rotatable bonds is 0. The molecule has 0 aromatic heterocycles. The summed E-state index contributed by atoms with van der Waals surface area (Å²) in [6, 6.07) is 0. The Hall–Kier alpha value is -0.0800. The molecule has 2 N–H and O–H groups in total. The highest BCUT2D eigenvalue weighted by Gasteiger charge is 2.63. The van der Waals surface area contributed by atoms with E-state index in [1.54, 1.807) is 0 Å². The second-order valence-electron chi connectivity index (χ2n) is 6.20. The molecule has 0 amide bonds. The van der Waals surface area contributed by atoms with Crippen molar-refractivity contribution in [3.8, 4) is 0 Å². The van der Waals surface area contributed by atoms with Crippen molar-refractivity contribution in [3.05, 3.63) is 0 Å². The van der Waals surface area contributed by atoms with Gasteiger partial charge in [-0.3, -0.25) is 0 Å². The summed E-state index contributed by atoms with van der Waals surface area (Å²) in [7, 11) is 0. The van der Waals surface area contributed by atoms with Crippen LogP contribution in [-0.4, -0.2) is 22.4 Å². The molecule has 0 heterocycles. The zero-order valence-corrected chi connectivity index (χ0v) is 8.98. The summed E-state index contributed by atoms with van der Waals surface area (Å²) >= 11 is 0. The van der Waals surface area contributed by atoms with Crippen LogP contribution in [0.15, 0.2) is 0 Å². The van der Waals surface area contributed by atoms with Gasteiger partial charge in [0.05, 0.1) is 12.2 Å².